The molecule has 1 unspecified atom stereocenters. The Kier molecular flexibility index (Phi) is 6.98. The molecule has 2 rings (SSSR count). The van der Waals surface area contributed by atoms with Gasteiger partial charge >= 0.3 is 5.97 Å². The van der Waals surface area contributed by atoms with Gasteiger partial charge in [0.2, 0.25) is 0 Å². The lowest BCUT2D eigenvalue weighted by Crippen LogP contribution is -2.45. The summed E-state index contributed by atoms with van der Waals surface area (Å²) >= 11 is 0. The Morgan fingerprint density at radius 3 is 2.70 bits per heavy atom. The summed E-state index contributed by atoms with van der Waals surface area (Å²) in [6, 6.07) is 7.17. The molecule has 7 heteroatoms. The van der Waals surface area contributed by atoms with Crippen molar-refractivity contribution in [2.45, 2.75) is 33.3 Å². The highest BCUT2D eigenvalue weighted by molar-refractivity contribution is 6.00. The predicted molar refractivity (Wildman–Crippen MR) is 102 cm³/mol. The molecule has 0 saturated carbocycles. The van der Waals surface area contributed by atoms with Crippen molar-refractivity contribution >= 4 is 23.5 Å². The molecule has 0 aromatic heterocycles. The number of nitrogens with zero attached hydrogens (tertiary/aromatic N) is 2. The first-order valence-electron chi connectivity index (χ1n) is 8.98. The highest BCUT2D eigenvalue weighted by atomic mass is 16.5. The van der Waals surface area contributed by atoms with Gasteiger partial charge in [-0.2, -0.15) is 0 Å². The Hall–Kier alpha value is -2.83. The first kappa shape index (κ1) is 20.5. The van der Waals surface area contributed by atoms with E-state index in [1.54, 1.807) is 30.0 Å². The molecule has 1 heterocycles. The molecule has 1 atom stereocenters. The third-order valence-electron chi connectivity index (χ3n) is 4.16. The van der Waals surface area contributed by atoms with Gasteiger partial charge in [-0.05, 0) is 32.9 Å². The van der Waals surface area contributed by atoms with E-state index in [4.69, 9.17) is 9.47 Å². The molecule has 1 aromatic rings. The van der Waals surface area contributed by atoms with Crippen LogP contribution in [0, 0.1) is 0 Å². The topological polar surface area (TPSA) is 76.2 Å². The summed E-state index contributed by atoms with van der Waals surface area (Å²) in [6.45, 7) is 9.94. The monoisotopic (exact) mass is 374 g/mol. The summed E-state index contributed by atoms with van der Waals surface area (Å²) in [5.74, 6) is -0.405. The van der Waals surface area contributed by atoms with Gasteiger partial charge in [-0.3, -0.25) is 14.4 Å². The van der Waals surface area contributed by atoms with Crippen molar-refractivity contribution in [2.24, 2.45) is 0 Å². The van der Waals surface area contributed by atoms with Crippen molar-refractivity contribution in [1.29, 1.82) is 0 Å². The van der Waals surface area contributed by atoms with E-state index >= 15 is 0 Å². The maximum absolute atomic E-state index is 12.4. The molecule has 1 aliphatic heterocycles. The van der Waals surface area contributed by atoms with Gasteiger partial charge in [-0.1, -0.05) is 24.3 Å². The maximum Gasteiger partial charge on any atom is 0.308 e. The number of ether oxygens (including phenoxy) is 2. The Balaban J connectivity index is 1.89. The molecule has 1 aromatic carbocycles. The van der Waals surface area contributed by atoms with Gasteiger partial charge in [-0.15, -0.1) is 0 Å². The second-order valence-corrected chi connectivity index (χ2v) is 6.49. The molecule has 0 spiro atoms. The SMILES string of the molecule is C=C(C)CN(CC)C(=O)COC(=O)CCN1C(=O)C(C)Oc2ccccc21. The second-order valence-electron chi connectivity index (χ2n) is 6.49. The Bertz CT molecular complexity index is 731. The average molecular weight is 374 g/mol. The molecular formula is C20H26N2O5. The first-order chi connectivity index (χ1) is 12.8. The summed E-state index contributed by atoms with van der Waals surface area (Å²) in [4.78, 5) is 39.6. The number of amides is 2. The van der Waals surface area contributed by atoms with Crippen LogP contribution in [0.25, 0.3) is 0 Å². The summed E-state index contributed by atoms with van der Waals surface area (Å²) in [7, 11) is 0. The zero-order valence-corrected chi connectivity index (χ0v) is 16.1. The Morgan fingerprint density at radius 1 is 1.33 bits per heavy atom. The van der Waals surface area contributed by atoms with Crippen molar-refractivity contribution in [3.63, 3.8) is 0 Å². The molecule has 0 fully saturated rings. The number of anilines is 1. The van der Waals surface area contributed by atoms with E-state index in [-0.39, 0.29) is 31.4 Å². The van der Waals surface area contributed by atoms with Gasteiger partial charge in [0.05, 0.1) is 12.1 Å². The van der Waals surface area contributed by atoms with Crippen LogP contribution < -0.4 is 9.64 Å². The zero-order chi connectivity index (χ0) is 20.0. The number of rotatable bonds is 8. The lowest BCUT2D eigenvalue weighted by atomic mass is 10.2. The van der Waals surface area contributed by atoms with Crippen LogP contribution in [0.3, 0.4) is 0 Å². The molecule has 7 nitrogen and oxygen atoms in total. The fourth-order valence-corrected chi connectivity index (χ4v) is 2.80. The molecular weight excluding hydrogens is 348 g/mol. The molecule has 1 aliphatic rings. The van der Waals surface area contributed by atoms with Gasteiger partial charge in [0.25, 0.3) is 11.8 Å². The van der Waals surface area contributed by atoms with E-state index in [9.17, 15) is 14.4 Å². The molecule has 27 heavy (non-hydrogen) atoms. The quantitative estimate of drug-likeness (QED) is 0.515. The van der Waals surface area contributed by atoms with E-state index in [1.807, 2.05) is 19.9 Å². The molecule has 0 N–H and O–H groups in total. The van der Waals surface area contributed by atoms with Crippen LogP contribution in [0.15, 0.2) is 36.4 Å². The van der Waals surface area contributed by atoms with E-state index < -0.39 is 12.1 Å². The Morgan fingerprint density at radius 2 is 2.04 bits per heavy atom. The van der Waals surface area contributed by atoms with Crippen LogP contribution >= 0.6 is 0 Å². The van der Waals surface area contributed by atoms with Crippen molar-refractivity contribution < 1.29 is 23.9 Å². The highest BCUT2D eigenvalue weighted by Gasteiger charge is 2.31. The zero-order valence-electron chi connectivity index (χ0n) is 16.1. The van der Waals surface area contributed by atoms with Crippen LogP contribution in [-0.2, 0) is 19.1 Å². The number of fused-ring (bicyclic) bond motifs is 1. The summed E-state index contributed by atoms with van der Waals surface area (Å²) in [5, 5.41) is 0. The summed E-state index contributed by atoms with van der Waals surface area (Å²) < 4.78 is 10.6. The number of esters is 1. The predicted octanol–water partition coefficient (Wildman–Crippen LogP) is 2.16. The van der Waals surface area contributed by atoms with E-state index in [0.717, 1.165) is 5.57 Å². The van der Waals surface area contributed by atoms with Crippen molar-refractivity contribution in [3.05, 3.63) is 36.4 Å². The van der Waals surface area contributed by atoms with E-state index in [1.165, 1.54) is 4.90 Å². The number of likely N-dealkylation sites (N-methyl/N-ethyl adjacent to an activating group) is 1. The van der Waals surface area contributed by atoms with Crippen LogP contribution in [0.1, 0.15) is 27.2 Å². The van der Waals surface area contributed by atoms with Gasteiger partial charge in [0, 0.05) is 19.6 Å². The van der Waals surface area contributed by atoms with Crippen LogP contribution in [0.4, 0.5) is 5.69 Å². The molecule has 0 bridgehead atoms. The first-order valence-corrected chi connectivity index (χ1v) is 8.98. The summed E-state index contributed by atoms with van der Waals surface area (Å²) in [6.07, 6.45) is -0.620. The third-order valence-corrected chi connectivity index (χ3v) is 4.16. The Labute approximate surface area is 159 Å². The molecule has 0 aliphatic carbocycles. The van der Waals surface area contributed by atoms with Crippen LogP contribution in [-0.4, -0.2) is 55.0 Å². The van der Waals surface area contributed by atoms with Crippen molar-refractivity contribution in [1.82, 2.24) is 4.90 Å². The van der Waals surface area contributed by atoms with Gasteiger partial charge in [0.1, 0.15) is 5.75 Å². The minimum atomic E-state index is -0.613. The average Bonchev–Trinajstić information content (AvgIpc) is 2.64. The number of para-hydroxylation sites is 2. The molecule has 2 amide bonds. The van der Waals surface area contributed by atoms with Crippen LogP contribution in [0.2, 0.25) is 0 Å². The standard InChI is InChI=1S/C20H26N2O5/c1-5-21(12-14(2)3)18(23)13-26-19(24)10-11-22-16-8-6-7-9-17(16)27-15(4)20(22)25/h6-9,15H,2,5,10-13H2,1,3-4H3. The van der Waals surface area contributed by atoms with Crippen molar-refractivity contribution in [2.75, 3.05) is 31.1 Å². The molecule has 0 radical (unpaired) electrons. The molecule has 0 saturated heterocycles. The van der Waals surface area contributed by atoms with Gasteiger partial charge < -0.3 is 19.3 Å². The normalized spacial score (nSPS) is 15.6. The number of carbonyl (C=O) groups excluding carboxylic acids is 3. The largest absolute Gasteiger partial charge is 0.479 e. The van der Waals surface area contributed by atoms with E-state index in [0.29, 0.717) is 24.5 Å². The fourth-order valence-electron chi connectivity index (χ4n) is 2.80. The van der Waals surface area contributed by atoms with Crippen molar-refractivity contribution in [3.8, 4) is 5.75 Å². The summed E-state index contributed by atoms with van der Waals surface area (Å²) in [5.41, 5.74) is 1.48. The second kappa shape index (κ2) is 9.21. The van der Waals surface area contributed by atoms with E-state index in [2.05, 4.69) is 6.58 Å². The number of carbonyl (C=O) groups is 3. The number of benzene rings is 1. The molecule has 146 valence electrons. The third kappa shape index (κ3) is 5.32. The minimum absolute atomic E-state index is 0.00726. The minimum Gasteiger partial charge on any atom is -0.479 e. The lowest BCUT2D eigenvalue weighted by molar-refractivity contribution is -0.151. The number of hydrogen-bond acceptors (Lipinski definition) is 5. The highest BCUT2D eigenvalue weighted by Crippen LogP contribution is 2.33. The maximum atomic E-state index is 12.4. The van der Waals surface area contributed by atoms with Gasteiger partial charge in [-0.25, -0.2) is 0 Å². The fraction of sp³-hybridized carbons (Fsp3) is 0.450. The van der Waals surface area contributed by atoms with Gasteiger partial charge in [0.15, 0.2) is 12.7 Å². The lowest BCUT2D eigenvalue weighted by Gasteiger charge is -2.32. The smallest absolute Gasteiger partial charge is 0.308 e. The number of hydrogen-bond donors (Lipinski definition) is 0. The van der Waals surface area contributed by atoms with Crippen LogP contribution in [0.5, 0.6) is 5.75 Å².